The number of halogens is 1. The number of nitrogens with zero attached hydrogens (tertiary/aromatic N) is 2. The Morgan fingerprint density at radius 1 is 1.19 bits per heavy atom. The van der Waals surface area contributed by atoms with E-state index in [0.717, 1.165) is 26.5 Å². The molecular formula is C20H17BrN2O3. The van der Waals surface area contributed by atoms with Gasteiger partial charge in [0.25, 0.3) is 0 Å². The van der Waals surface area contributed by atoms with Gasteiger partial charge < -0.3 is 9.57 Å². The molecule has 6 heteroatoms. The molecule has 3 rings (SSSR count). The first kappa shape index (κ1) is 18.1. The van der Waals surface area contributed by atoms with E-state index in [-0.39, 0.29) is 6.61 Å². The number of para-hydroxylation sites is 1. The molecule has 0 spiro atoms. The summed E-state index contributed by atoms with van der Waals surface area (Å²) in [5.41, 5.74) is 3.42. The van der Waals surface area contributed by atoms with Gasteiger partial charge in [0.2, 0.25) is 0 Å². The van der Waals surface area contributed by atoms with Crippen LogP contribution in [0.3, 0.4) is 0 Å². The van der Waals surface area contributed by atoms with Crippen molar-refractivity contribution in [3.05, 3.63) is 75.4 Å². The molecule has 0 N–H and O–H groups in total. The first-order chi connectivity index (χ1) is 12.6. The van der Waals surface area contributed by atoms with E-state index < -0.39 is 5.97 Å². The van der Waals surface area contributed by atoms with E-state index in [1.807, 2.05) is 55.5 Å². The van der Waals surface area contributed by atoms with Crippen LogP contribution in [0.15, 0.2) is 58.2 Å². The van der Waals surface area contributed by atoms with Gasteiger partial charge in [-0.1, -0.05) is 57.5 Å². The molecule has 0 aliphatic heterocycles. The van der Waals surface area contributed by atoms with Crippen LogP contribution in [0.2, 0.25) is 0 Å². The summed E-state index contributed by atoms with van der Waals surface area (Å²) in [6.07, 6.45) is 1.61. The van der Waals surface area contributed by atoms with Crippen molar-refractivity contribution in [1.82, 2.24) is 4.98 Å². The lowest BCUT2D eigenvalue weighted by molar-refractivity contribution is 0.0591. The Labute approximate surface area is 159 Å². The molecule has 1 heterocycles. The molecule has 3 aromatic rings. The number of hydrogen-bond acceptors (Lipinski definition) is 5. The number of ether oxygens (including phenoxy) is 1. The fourth-order valence-corrected chi connectivity index (χ4v) is 3.08. The Morgan fingerprint density at radius 2 is 1.92 bits per heavy atom. The number of aryl methyl sites for hydroxylation is 1. The lowest BCUT2D eigenvalue weighted by Crippen LogP contribution is -2.11. The van der Waals surface area contributed by atoms with E-state index in [1.54, 1.807) is 6.21 Å². The fourth-order valence-electron chi connectivity index (χ4n) is 2.69. The van der Waals surface area contributed by atoms with Crippen LogP contribution in [0.5, 0.6) is 0 Å². The molecule has 0 bridgehead atoms. The molecule has 0 amide bonds. The largest absolute Gasteiger partial charge is 0.465 e. The van der Waals surface area contributed by atoms with Gasteiger partial charge in [-0.25, -0.2) is 9.78 Å². The predicted molar refractivity (Wildman–Crippen MR) is 104 cm³/mol. The summed E-state index contributed by atoms with van der Waals surface area (Å²) in [7, 11) is 1.35. The number of hydrogen-bond donors (Lipinski definition) is 0. The summed E-state index contributed by atoms with van der Waals surface area (Å²) in [6, 6.07) is 15.3. The minimum absolute atomic E-state index is 0.0665. The molecule has 132 valence electrons. The second-order valence-electron chi connectivity index (χ2n) is 5.60. The van der Waals surface area contributed by atoms with Crippen molar-refractivity contribution in [1.29, 1.82) is 0 Å². The molecule has 26 heavy (non-hydrogen) atoms. The van der Waals surface area contributed by atoms with Gasteiger partial charge in [-0.05, 0) is 24.6 Å². The maximum absolute atomic E-state index is 12.2. The molecule has 0 saturated heterocycles. The molecule has 0 radical (unpaired) electrons. The summed E-state index contributed by atoms with van der Waals surface area (Å²) in [5.74, 6) is -0.436. The van der Waals surface area contributed by atoms with Crippen LogP contribution in [0, 0.1) is 6.92 Å². The highest BCUT2D eigenvalue weighted by atomic mass is 79.9. The van der Waals surface area contributed by atoms with Crippen LogP contribution < -0.4 is 0 Å². The van der Waals surface area contributed by atoms with Crippen LogP contribution in [0.1, 0.15) is 27.2 Å². The zero-order chi connectivity index (χ0) is 18.5. The molecule has 1 aromatic heterocycles. The predicted octanol–water partition coefficient (Wildman–Crippen LogP) is 4.64. The minimum atomic E-state index is -0.436. The maximum Gasteiger partial charge on any atom is 0.340 e. The maximum atomic E-state index is 12.2. The molecule has 0 unspecified atom stereocenters. The normalized spacial score (nSPS) is 11.0. The Bertz CT molecular complexity index is 986. The van der Waals surface area contributed by atoms with Crippen LogP contribution in [0.4, 0.5) is 0 Å². The van der Waals surface area contributed by atoms with Gasteiger partial charge in [-0.15, -0.1) is 0 Å². The number of esters is 1. The number of carbonyl (C=O) groups excluding carboxylic acids is 1. The number of aromatic nitrogens is 1. The summed E-state index contributed by atoms with van der Waals surface area (Å²) >= 11 is 3.45. The van der Waals surface area contributed by atoms with Crippen LogP contribution in [-0.2, 0) is 16.2 Å². The Balaban J connectivity index is 1.89. The van der Waals surface area contributed by atoms with Crippen molar-refractivity contribution in [2.75, 3.05) is 7.11 Å². The first-order valence-corrected chi connectivity index (χ1v) is 8.77. The Morgan fingerprint density at radius 3 is 2.69 bits per heavy atom. The zero-order valence-electron chi connectivity index (χ0n) is 14.4. The number of pyridine rings is 1. The van der Waals surface area contributed by atoms with E-state index in [2.05, 4.69) is 26.1 Å². The van der Waals surface area contributed by atoms with Gasteiger partial charge in [0.1, 0.15) is 0 Å². The van der Waals surface area contributed by atoms with Crippen molar-refractivity contribution < 1.29 is 14.4 Å². The summed E-state index contributed by atoms with van der Waals surface area (Å²) in [5, 5.41) is 4.90. The van der Waals surface area contributed by atoms with E-state index >= 15 is 0 Å². The molecule has 0 saturated carbocycles. The van der Waals surface area contributed by atoms with E-state index in [1.165, 1.54) is 7.11 Å². The van der Waals surface area contributed by atoms with Crippen LogP contribution in [0.25, 0.3) is 10.9 Å². The zero-order valence-corrected chi connectivity index (χ0v) is 16.0. The summed E-state index contributed by atoms with van der Waals surface area (Å²) < 4.78 is 5.84. The number of fused-ring (bicyclic) bond motifs is 1. The first-order valence-electron chi connectivity index (χ1n) is 7.98. The standard InChI is InChI=1S/C20H17BrN2O3/c1-13-15-8-4-6-10-17(15)23-18(19(13)20(24)25-2)12-26-22-11-14-7-3-5-9-16(14)21/h3-11H,12H2,1-2H3/b22-11-. The summed E-state index contributed by atoms with van der Waals surface area (Å²) in [6.45, 7) is 1.95. The molecule has 5 nitrogen and oxygen atoms in total. The number of benzene rings is 2. The molecule has 0 fully saturated rings. The summed E-state index contributed by atoms with van der Waals surface area (Å²) in [4.78, 5) is 22.2. The van der Waals surface area contributed by atoms with Crippen LogP contribution in [-0.4, -0.2) is 24.3 Å². The quantitative estimate of drug-likeness (QED) is 0.347. The highest BCUT2D eigenvalue weighted by Crippen LogP contribution is 2.24. The smallest absolute Gasteiger partial charge is 0.340 e. The molecule has 0 aliphatic rings. The third-order valence-corrected chi connectivity index (χ3v) is 4.71. The molecule has 0 atom stereocenters. The SMILES string of the molecule is COC(=O)c1c(CO/N=C\c2ccccc2Br)nc2ccccc2c1C. The van der Waals surface area contributed by atoms with Crippen molar-refractivity contribution in [3.63, 3.8) is 0 Å². The molecular weight excluding hydrogens is 396 g/mol. The number of oxime groups is 1. The van der Waals surface area contributed by atoms with Crippen molar-refractivity contribution >= 4 is 39.0 Å². The number of methoxy groups -OCH3 is 1. The van der Waals surface area contributed by atoms with Crippen molar-refractivity contribution in [3.8, 4) is 0 Å². The fraction of sp³-hybridized carbons (Fsp3) is 0.150. The molecule has 0 aliphatic carbocycles. The third-order valence-electron chi connectivity index (χ3n) is 3.99. The van der Waals surface area contributed by atoms with Gasteiger partial charge in [-0.2, -0.15) is 0 Å². The van der Waals surface area contributed by atoms with Crippen LogP contribution >= 0.6 is 15.9 Å². The highest BCUT2D eigenvalue weighted by molar-refractivity contribution is 9.10. The van der Waals surface area contributed by atoms with Crippen molar-refractivity contribution in [2.24, 2.45) is 5.16 Å². The van der Waals surface area contributed by atoms with E-state index in [4.69, 9.17) is 9.57 Å². The van der Waals surface area contributed by atoms with E-state index in [0.29, 0.717) is 11.3 Å². The van der Waals surface area contributed by atoms with Gasteiger partial charge >= 0.3 is 5.97 Å². The van der Waals surface area contributed by atoms with Gasteiger partial charge in [-0.3, -0.25) is 0 Å². The topological polar surface area (TPSA) is 60.8 Å². The van der Waals surface area contributed by atoms with Gasteiger partial charge in [0, 0.05) is 15.4 Å². The number of rotatable bonds is 5. The Kier molecular flexibility index (Phi) is 5.63. The average Bonchev–Trinajstić information content (AvgIpc) is 2.66. The average molecular weight is 413 g/mol. The second-order valence-corrected chi connectivity index (χ2v) is 6.45. The third kappa shape index (κ3) is 3.75. The van der Waals surface area contributed by atoms with E-state index in [9.17, 15) is 4.79 Å². The lowest BCUT2D eigenvalue weighted by Gasteiger charge is -2.12. The highest BCUT2D eigenvalue weighted by Gasteiger charge is 2.19. The molecule has 2 aromatic carbocycles. The lowest BCUT2D eigenvalue weighted by atomic mass is 10.0. The van der Waals surface area contributed by atoms with Crippen molar-refractivity contribution in [2.45, 2.75) is 13.5 Å². The second kappa shape index (κ2) is 8.10. The number of carbonyl (C=O) groups is 1. The monoisotopic (exact) mass is 412 g/mol. The van der Waals surface area contributed by atoms with Gasteiger partial charge in [0.05, 0.1) is 30.1 Å². The van der Waals surface area contributed by atoms with Gasteiger partial charge in [0.15, 0.2) is 6.61 Å². The minimum Gasteiger partial charge on any atom is -0.465 e. The Hall–Kier alpha value is -2.73.